The first kappa shape index (κ1) is 20.1. The van der Waals surface area contributed by atoms with Crippen LogP contribution in [0, 0.1) is 10.1 Å². The molecule has 0 radical (unpaired) electrons. The fourth-order valence-electron chi connectivity index (χ4n) is 3.02. The molecule has 0 saturated heterocycles. The maximum Gasteiger partial charge on any atom is 0.300 e. The number of aromatic nitrogens is 2. The Hall–Kier alpha value is -2.22. The van der Waals surface area contributed by atoms with Gasteiger partial charge in [-0.3, -0.25) is 10.1 Å². The van der Waals surface area contributed by atoms with Crippen molar-refractivity contribution in [3.8, 4) is 0 Å². The van der Waals surface area contributed by atoms with Crippen LogP contribution in [-0.2, 0) is 0 Å². The van der Waals surface area contributed by atoms with E-state index in [1.165, 1.54) is 44.6 Å². The van der Waals surface area contributed by atoms with Crippen LogP contribution in [0.4, 0.5) is 11.4 Å². The van der Waals surface area contributed by atoms with Gasteiger partial charge in [0.15, 0.2) is 5.52 Å². The number of nitro groups is 1. The van der Waals surface area contributed by atoms with Crippen LogP contribution < -0.4 is 5.32 Å². The number of nitrogens with one attached hydrogen (secondary N) is 1. The number of nitro benzene ring substituents is 1. The minimum atomic E-state index is -0.483. The van der Waals surface area contributed by atoms with E-state index in [1.807, 2.05) is 0 Å². The second-order valence-corrected chi connectivity index (χ2v) is 6.54. The molecule has 0 aliphatic rings. The second-order valence-electron chi connectivity index (χ2n) is 6.54. The topological polar surface area (TPSA) is 114 Å². The molecule has 0 aliphatic heterocycles. The lowest BCUT2D eigenvalue weighted by Gasteiger charge is -2.06. The first-order valence-electron chi connectivity index (χ1n) is 9.48. The molecule has 0 atom stereocenters. The standard InChI is InChI=1S/C18H28N4O4/c23-14-10-8-6-4-2-1-3-5-7-9-13-19-15-11-12-16(22(24)25)18-17(15)20-26-21-18/h11-12,19,23H,1-10,13-14H2. The first-order valence-corrected chi connectivity index (χ1v) is 9.48. The van der Waals surface area contributed by atoms with Gasteiger partial charge in [-0.25, -0.2) is 4.63 Å². The van der Waals surface area contributed by atoms with E-state index < -0.39 is 4.92 Å². The number of hydrogen-bond acceptors (Lipinski definition) is 7. The van der Waals surface area contributed by atoms with E-state index in [1.54, 1.807) is 6.07 Å². The molecule has 1 aromatic carbocycles. The van der Waals surface area contributed by atoms with E-state index in [0.717, 1.165) is 37.9 Å². The highest BCUT2D eigenvalue weighted by molar-refractivity contribution is 5.93. The van der Waals surface area contributed by atoms with Crippen LogP contribution >= 0.6 is 0 Å². The molecule has 2 aromatic rings. The number of rotatable bonds is 14. The molecular weight excluding hydrogens is 336 g/mol. The van der Waals surface area contributed by atoms with E-state index >= 15 is 0 Å². The average Bonchev–Trinajstić information content (AvgIpc) is 3.12. The van der Waals surface area contributed by atoms with Gasteiger partial charge in [0.1, 0.15) is 0 Å². The number of benzene rings is 1. The van der Waals surface area contributed by atoms with Gasteiger partial charge < -0.3 is 10.4 Å². The molecule has 0 saturated carbocycles. The molecular formula is C18H28N4O4. The Kier molecular flexibility index (Phi) is 8.82. The van der Waals surface area contributed by atoms with Gasteiger partial charge >= 0.3 is 5.69 Å². The van der Waals surface area contributed by atoms with Crippen LogP contribution in [-0.4, -0.2) is 33.5 Å². The summed E-state index contributed by atoms with van der Waals surface area (Å²) in [5, 5.41) is 30.3. The van der Waals surface area contributed by atoms with Crippen molar-refractivity contribution < 1.29 is 14.7 Å². The van der Waals surface area contributed by atoms with Crippen molar-refractivity contribution in [2.24, 2.45) is 0 Å². The highest BCUT2D eigenvalue weighted by Crippen LogP contribution is 2.28. The molecule has 144 valence electrons. The monoisotopic (exact) mass is 364 g/mol. The normalized spacial score (nSPS) is 11.1. The maximum absolute atomic E-state index is 11.0. The Balaban J connectivity index is 1.58. The van der Waals surface area contributed by atoms with Gasteiger partial charge in [-0.05, 0) is 29.2 Å². The number of aliphatic hydroxyl groups excluding tert-OH is 1. The Morgan fingerprint density at radius 3 is 2.12 bits per heavy atom. The van der Waals surface area contributed by atoms with Gasteiger partial charge in [-0.15, -0.1) is 0 Å². The third kappa shape index (κ3) is 6.25. The molecule has 0 spiro atoms. The van der Waals surface area contributed by atoms with Crippen molar-refractivity contribution in [2.45, 2.75) is 64.2 Å². The number of unbranched alkanes of at least 4 members (excludes halogenated alkanes) is 9. The van der Waals surface area contributed by atoms with Crippen LogP contribution in [0.2, 0.25) is 0 Å². The number of hydrogen-bond donors (Lipinski definition) is 2. The van der Waals surface area contributed by atoms with Crippen LogP contribution in [0.3, 0.4) is 0 Å². The van der Waals surface area contributed by atoms with Crippen LogP contribution in [0.25, 0.3) is 11.0 Å². The number of anilines is 1. The van der Waals surface area contributed by atoms with Crippen LogP contribution in [0.1, 0.15) is 64.2 Å². The van der Waals surface area contributed by atoms with Crippen LogP contribution in [0.5, 0.6) is 0 Å². The zero-order valence-electron chi connectivity index (χ0n) is 15.2. The zero-order valence-corrected chi connectivity index (χ0v) is 15.2. The lowest BCUT2D eigenvalue weighted by molar-refractivity contribution is -0.383. The van der Waals surface area contributed by atoms with E-state index in [0.29, 0.717) is 12.1 Å². The van der Waals surface area contributed by atoms with E-state index in [-0.39, 0.29) is 11.2 Å². The molecule has 2 N–H and O–H groups in total. The van der Waals surface area contributed by atoms with Crippen molar-refractivity contribution in [3.63, 3.8) is 0 Å². The van der Waals surface area contributed by atoms with Crippen molar-refractivity contribution in [1.29, 1.82) is 0 Å². The summed E-state index contributed by atoms with van der Waals surface area (Å²) < 4.78 is 4.65. The Labute approximate surface area is 153 Å². The molecule has 0 bridgehead atoms. The summed E-state index contributed by atoms with van der Waals surface area (Å²) in [6.07, 6.45) is 11.8. The molecule has 0 fully saturated rings. The first-order chi connectivity index (χ1) is 12.7. The van der Waals surface area contributed by atoms with Crippen molar-refractivity contribution in [2.75, 3.05) is 18.5 Å². The molecule has 1 aromatic heterocycles. The van der Waals surface area contributed by atoms with E-state index in [4.69, 9.17) is 5.11 Å². The van der Waals surface area contributed by atoms with Crippen molar-refractivity contribution >= 4 is 22.4 Å². The molecule has 0 unspecified atom stereocenters. The quantitative estimate of drug-likeness (QED) is 0.289. The number of fused-ring (bicyclic) bond motifs is 1. The fourth-order valence-corrected chi connectivity index (χ4v) is 3.02. The Bertz CT molecular complexity index is 674. The van der Waals surface area contributed by atoms with E-state index in [9.17, 15) is 10.1 Å². The Morgan fingerprint density at radius 1 is 0.923 bits per heavy atom. The lowest BCUT2D eigenvalue weighted by atomic mass is 10.1. The summed E-state index contributed by atoms with van der Waals surface area (Å²) in [4.78, 5) is 10.5. The average molecular weight is 364 g/mol. The smallest absolute Gasteiger partial charge is 0.300 e. The summed E-state index contributed by atoms with van der Waals surface area (Å²) in [5.41, 5.74) is 1.21. The molecule has 8 heteroatoms. The molecule has 8 nitrogen and oxygen atoms in total. The maximum atomic E-state index is 11.0. The third-order valence-electron chi connectivity index (χ3n) is 4.49. The van der Waals surface area contributed by atoms with Crippen molar-refractivity contribution in [3.05, 3.63) is 22.2 Å². The minimum Gasteiger partial charge on any atom is -0.396 e. The summed E-state index contributed by atoms with van der Waals surface area (Å²) >= 11 is 0. The predicted molar refractivity (Wildman–Crippen MR) is 100 cm³/mol. The third-order valence-corrected chi connectivity index (χ3v) is 4.49. The summed E-state index contributed by atoms with van der Waals surface area (Å²) in [6, 6.07) is 3.08. The largest absolute Gasteiger partial charge is 0.396 e. The Morgan fingerprint density at radius 2 is 1.50 bits per heavy atom. The van der Waals surface area contributed by atoms with Gasteiger partial charge in [-0.2, -0.15) is 0 Å². The number of aliphatic hydroxyl groups is 1. The predicted octanol–water partition coefficient (Wildman–Crippen LogP) is 4.44. The van der Waals surface area contributed by atoms with Gasteiger partial charge in [0, 0.05) is 19.2 Å². The lowest BCUT2D eigenvalue weighted by Crippen LogP contribution is -2.02. The summed E-state index contributed by atoms with van der Waals surface area (Å²) in [6.45, 7) is 1.10. The second kappa shape index (κ2) is 11.4. The SMILES string of the molecule is O=[N+]([O-])c1ccc(NCCCCCCCCCCCCO)c2nonc12. The molecule has 26 heavy (non-hydrogen) atoms. The molecule has 2 rings (SSSR count). The zero-order chi connectivity index (χ0) is 18.6. The number of non-ortho nitro benzene ring substituents is 1. The van der Waals surface area contributed by atoms with E-state index in [2.05, 4.69) is 20.3 Å². The highest BCUT2D eigenvalue weighted by Gasteiger charge is 2.19. The summed E-state index contributed by atoms with van der Waals surface area (Å²) in [7, 11) is 0. The van der Waals surface area contributed by atoms with Crippen LogP contribution in [0.15, 0.2) is 16.8 Å². The molecule has 1 heterocycles. The van der Waals surface area contributed by atoms with Gasteiger partial charge in [0.25, 0.3) is 0 Å². The number of nitrogens with zero attached hydrogens (tertiary/aromatic N) is 3. The van der Waals surface area contributed by atoms with Gasteiger partial charge in [0.2, 0.25) is 5.52 Å². The van der Waals surface area contributed by atoms with Gasteiger partial charge in [0.05, 0.1) is 10.6 Å². The fraction of sp³-hybridized carbons (Fsp3) is 0.667. The highest BCUT2D eigenvalue weighted by atomic mass is 16.6. The minimum absolute atomic E-state index is 0.0943. The molecule has 0 amide bonds. The summed E-state index contributed by atoms with van der Waals surface area (Å²) in [5.74, 6) is 0. The molecule has 0 aliphatic carbocycles. The van der Waals surface area contributed by atoms with Gasteiger partial charge in [-0.1, -0.05) is 51.4 Å². The van der Waals surface area contributed by atoms with Crippen molar-refractivity contribution in [1.82, 2.24) is 10.3 Å².